The van der Waals surface area contributed by atoms with Crippen LogP contribution in [0.5, 0.6) is 0 Å². The summed E-state index contributed by atoms with van der Waals surface area (Å²) in [6.07, 6.45) is 0. The molecule has 5 nitrogen and oxygen atoms in total. The first kappa shape index (κ1) is 15.5. The molecule has 0 bridgehead atoms. The number of hydrogen-bond donors (Lipinski definition) is 2. The third-order valence-electron chi connectivity index (χ3n) is 3.99. The maximum atomic E-state index is 12.5. The van der Waals surface area contributed by atoms with Crippen LogP contribution in [0.3, 0.4) is 0 Å². The van der Waals surface area contributed by atoms with Crippen molar-refractivity contribution in [2.45, 2.75) is 32.4 Å². The van der Waals surface area contributed by atoms with Gasteiger partial charge in [0.15, 0.2) is 0 Å². The molecule has 0 aromatic heterocycles. The number of nitrogens with zero attached hydrogens (tertiary/aromatic N) is 1. The van der Waals surface area contributed by atoms with Crippen LogP contribution in [0.1, 0.15) is 30.9 Å². The van der Waals surface area contributed by atoms with Crippen molar-refractivity contribution < 1.29 is 9.59 Å². The lowest BCUT2D eigenvalue weighted by molar-refractivity contribution is -0.135. The van der Waals surface area contributed by atoms with E-state index in [9.17, 15) is 9.59 Å². The largest absolute Gasteiger partial charge is 0.344 e. The molecule has 0 saturated carbocycles. The van der Waals surface area contributed by atoms with E-state index in [2.05, 4.69) is 10.6 Å². The SMILES string of the molecule is CCN(C)C(=O)C(C)NC(=O)C1CNCc2ccccc21. The van der Waals surface area contributed by atoms with E-state index in [1.165, 1.54) is 0 Å². The Morgan fingerprint density at radius 2 is 2.14 bits per heavy atom. The van der Waals surface area contributed by atoms with Crippen molar-refractivity contribution in [2.24, 2.45) is 0 Å². The summed E-state index contributed by atoms with van der Waals surface area (Å²) in [4.78, 5) is 26.1. The summed E-state index contributed by atoms with van der Waals surface area (Å²) in [6.45, 7) is 5.66. The highest BCUT2D eigenvalue weighted by molar-refractivity contribution is 5.90. The molecule has 114 valence electrons. The first-order chi connectivity index (χ1) is 10.0. The molecule has 0 aliphatic carbocycles. The minimum Gasteiger partial charge on any atom is -0.344 e. The molecule has 0 saturated heterocycles. The van der Waals surface area contributed by atoms with Gasteiger partial charge in [0.1, 0.15) is 6.04 Å². The van der Waals surface area contributed by atoms with Gasteiger partial charge < -0.3 is 15.5 Å². The van der Waals surface area contributed by atoms with Crippen LogP contribution in [0.2, 0.25) is 0 Å². The fourth-order valence-corrected chi connectivity index (χ4v) is 2.59. The zero-order chi connectivity index (χ0) is 15.4. The van der Waals surface area contributed by atoms with Crippen molar-refractivity contribution in [3.63, 3.8) is 0 Å². The van der Waals surface area contributed by atoms with Gasteiger partial charge in [-0.3, -0.25) is 9.59 Å². The average Bonchev–Trinajstić information content (AvgIpc) is 2.52. The maximum absolute atomic E-state index is 12.5. The first-order valence-corrected chi connectivity index (χ1v) is 7.38. The fraction of sp³-hybridized carbons (Fsp3) is 0.500. The van der Waals surface area contributed by atoms with E-state index >= 15 is 0 Å². The van der Waals surface area contributed by atoms with Crippen LogP contribution in [0.25, 0.3) is 0 Å². The van der Waals surface area contributed by atoms with Gasteiger partial charge in [0.2, 0.25) is 11.8 Å². The van der Waals surface area contributed by atoms with E-state index in [1.54, 1.807) is 18.9 Å². The van der Waals surface area contributed by atoms with E-state index in [0.29, 0.717) is 13.1 Å². The molecule has 0 fully saturated rings. The molecular weight excluding hydrogens is 266 g/mol. The van der Waals surface area contributed by atoms with Crippen LogP contribution < -0.4 is 10.6 Å². The molecule has 2 unspecified atom stereocenters. The highest BCUT2D eigenvalue weighted by atomic mass is 16.2. The summed E-state index contributed by atoms with van der Waals surface area (Å²) in [5.74, 6) is -0.403. The third kappa shape index (κ3) is 3.42. The second-order valence-electron chi connectivity index (χ2n) is 5.46. The van der Waals surface area contributed by atoms with Crippen molar-refractivity contribution in [2.75, 3.05) is 20.1 Å². The molecule has 2 rings (SSSR count). The van der Waals surface area contributed by atoms with Gasteiger partial charge in [-0.25, -0.2) is 0 Å². The lowest BCUT2D eigenvalue weighted by Crippen LogP contribution is -2.48. The Hall–Kier alpha value is -1.88. The first-order valence-electron chi connectivity index (χ1n) is 7.38. The number of carbonyl (C=O) groups excluding carboxylic acids is 2. The molecular formula is C16H23N3O2. The molecule has 2 amide bonds. The molecule has 1 aromatic rings. The molecule has 21 heavy (non-hydrogen) atoms. The summed E-state index contributed by atoms with van der Waals surface area (Å²) in [7, 11) is 1.74. The fourth-order valence-electron chi connectivity index (χ4n) is 2.59. The van der Waals surface area contributed by atoms with Gasteiger partial charge >= 0.3 is 0 Å². The minimum atomic E-state index is -0.503. The van der Waals surface area contributed by atoms with Gasteiger partial charge in [-0.2, -0.15) is 0 Å². The summed E-state index contributed by atoms with van der Waals surface area (Å²) < 4.78 is 0. The number of amides is 2. The Balaban J connectivity index is 2.06. The number of nitrogens with one attached hydrogen (secondary N) is 2. The second-order valence-corrected chi connectivity index (χ2v) is 5.46. The standard InChI is InChI=1S/C16H23N3O2/c1-4-19(3)16(21)11(2)18-15(20)14-10-17-9-12-7-5-6-8-13(12)14/h5-8,11,14,17H,4,9-10H2,1-3H3,(H,18,20). The van der Waals surface area contributed by atoms with Crippen molar-refractivity contribution in [1.29, 1.82) is 0 Å². The average molecular weight is 289 g/mol. The van der Waals surface area contributed by atoms with E-state index in [0.717, 1.165) is 17.7 Å². The smallest absolute Gasteiger partial charge is 0.244 e. The number of benzene rings is 1. The zero-order valence-corrected chi connectivity index (χ0v) is 12.8. The van der Waals surface area contributed by atoms with Crippen LogP contribution in [-0.4, -0.2) is 42.9 Å². The van der Waals surface area contributed by atoms with Crippen LogP contribution >= 0.6 is 0 Å². The van der Waals surface area contributed by atoms with Gasteiger partial charge in [0.25, 0.3) is 0 Å². The highest BCUT2D eigenvalue weighted by Crippen LogP contribution is 2.23. The number of fused-ring (bicyclic) bond motifs is 1. The highest BCUT2D eigenvalue weighted by Gasteiger charge is 2.28. The molecule has 1 aromatic carbocycles. The minimum absolute atomic E-state index is 0.0668. The van der Waals surface area contributed by atoms with Crippen LogP contribution in [0.15, 0.2) is 24.3 Å². The monoisotopic (exact) mass is 289 g/mol. The van der Waals surface area contributed by atoms with Crippen molar-refractivity contribution in [3.05, 3.63) is 35.4 Å². The summed E-state index contributed by atoms with van der Waals surface area (Å²) in [5.41, 5.74) is 2.20. The van der Waals surface area contributed by atoms with E-state index in [-0.39, 0.29) is 17.7 Å². The van der Waals surface area contributed by atoms with Crippen molar-refractivity contribution in [3.8, 4) is 0 Å². The Morgan fingerprint density at radius 3 is 2.86 bits per heavy atom. The number of carbonyl (C=O) groups is 2. The Labute approximate surface area is 125 Å². The van der Waals surface area contributed by atoms with Crippen LogP contribution in [0.4, 0.5) is 0 Å². The predicted molar refractivity (Wildman–Crippen MR) is 81.8 cm³/mol. The number of hydrogen-bond acceptors (Lipinski definition) is 3. The molecule has 2 atom stereocenters. The molecule has 5 heteroatoms. The molecule has 1 aliphatic heterocycles. The maximum Gasteiger partial charge on any atom is 0.244 e. The number of rotatable bonds is 4. The normalized spacial score (nSPS) is 18.5. The van der Waals surface area contributed by atoms with Crippen molar-refractivity contribution in [1.82, 2.24) is 15.5 Å². The lowest BCUT2D eigenvalue weighted by atomic mass is 9.90. The zero-order valence-electron chi connectivity index (χ0n) is 12.8. The van der Waals surface area contributed by atoms with E-state index in [1.807, 2.05) is 31.2 Å². The van der Waals surface area contributed by atoms with Gasteiger partial charge in [0.05, 0.1) is 5.92 Å². The van der Waals surface area contributed by atoms with Gasteiger partial charge in [-0.15, -0.1) is 0 Å². The Bertz CT molecular complexity index is 530. The number of likely N-dealkylation sites (N-methyl/N-ethyl adjacent to an activating group) is 1. The summed E-state index contributed by atoms with van der Waals surface area (Å²) >= 11 is 0. The van der Waals surface area contributed by atoms with Crippen LogP contribution in [-0.2, 0) is 16.1 Å². The molecule has 1 heterocycles. The summed E-state index contributed by atoms with van der Waals surface area (Å²) in [6, 6.07) is 7.44. The van der Waals surface area contributed by atoms with Crippen LogP contribution in [0, 0.1) is 0 Å². The van der Waals surface area contributed by atoms with Gasteiger partial charge in [0, 0.05) is 26.7 Å². The van der Waals surface area contributed by atoms with Gasteiger partial charge in [-0.05, 0) is 25.0 Å². The molecule has 0 radical (unpaired) electrons. The molecule has 1 aliphatic rings. The third-order valence-corrected chi connectivity index (χ3v) is 3.99. The predicted octanol–water partition coefficient (Wildman–Crippen LogP) is 0.856. The van der Waals surface area contributed by atoms with Crippen molar-refractivity contribution >= 4 is 11.8 Å². The van der Waals surface area contributed by atoms with E-state index in [4.69, 9.17) is 0 Å². The Morgan fingerprint density at radius 1 is 1.43 bits per heavy atom. The quantitative estimate of drug-likeness (QED) is 0.864. The van der Waals surface area contributed by atoms with Gasteiger partial charge in [-0.1, -0.05) is 24.3 Å². The topological polar surface area (TPSA) is 61.4 Å². The summed E-state index contributed by atoms with van der Waals surface area (Å²) in [5, 5.41) is 6.09. The molecule has 0 spiro atoms. The molecule has 2 N–H and O–H groups in total. The second kappa shape index (κ2) is 6.72. The van der Waals surface area contributed by atoms with E-state index < -0.39 is 6.04 Å². The lowest BCUT2D eigenvalue weighted by Gasteiger charge is -2.27. The Kier molecular flexibility index (Phi) is 4.96.